The lowest BCUT2D eigenvalue weighted by atomic mass is 10.1. The molecule has 0 unspecified atom stereocenters. The van der Waals surface area contributed by atoms with E-state index in [2.05, 4.69) is 43.9 Å². The van der Waals surface area contributed by atoms with Gasteiger partial charge >= 0.3 is 0 Å². The highest BCUT2D eigenvalue weighted by Crippen LogP contribution is 2.16. The third-order valence-electron chi connectivity index (χ3n) is 4.42. The van der Waals surface area contributed by atoms with Gasteiger partial charge in [0, 0.05) is 6.54 Å². The van der Waals surface area contributed by atoms with Crippen LogP contribution in [0.4, 0.5) is 0 Å². The van der Waals surface area contributed by atoms with Crippen molar-refractivity contribution in [1.29, 1.82) is 0 Å². The highest BCUT2D eigenvalue weighted by molar-refractivity contribution is 6.77. The normalized spacial score (nSPS) is 12.1. The maximum Gasteiger partial charge on any atom is 0.0514 e. The lowest BCUT2D eigenvalue weighted by molar-refractivity contribution is 0.558. The maximum absolute atomic E-state index is 4.57. The third kappa shape index (κ3) is 16.0. The molecule has 0 amide bonds. The fourth-order valence-corrected chi connectivity index (χ4v) is 4.72. The number of rotatable bonds is 16. The Labute approximate surface area is 141 Å². The van der Waals surface area contributed by atoms with Crippen LogP contribution in [0.1, 0.15) is 77.6 Å². The summed E-state index contributed by atoms with van der Waals surface area (Å²) in [5, 5.41) is 0. The molecule has 0 aromatic heterocycles. The topological polar surface area (TPSA) is 12.4 Å². The van der Waals surface area contributed by atoms with Gasteiger partial charge in [0.2, 0.25) is 0 Å². The van der Waals surface area contributed by atoms with Gasteiger partial charge in [0.05, 0.1) is 8.07 Å². The number of allylic oxidation sites excluding steroid dienone is 1. The van der Waals surface area contributed by atoms with Gasteiger partial charge in [0.25, 0.3) is 0 Å². The Hall–Kier alpha value is -0.373. The molecule has 1 nitrogen and oxygen atoms in total. The first-order valence-electron chi connectivity index (χ1n) is 9.71. The van der Waals surface area contributed by atoms with Gasteiger partial charge in [-0.15, -0.1) is 6.58 Å². The Morgan fingerprint density at radius 1 is 0.864 bits per heavy atom. The Morgan fingerprint density at radius 3 is 1.95 bits per heavy atom. The molecule has 0 bridgehead atoms. The molecule has 0 atom stereocenters. The van der Waals surface area contributed by atoms with E-state index < -0.39 is 8.07 Å². The molecule has 2 heteroatoms. The van der Waals surface area contributed by atoms with Crippen molar-refractivity contribution in [2.45, 2.75) is 103 Å². The second kappa shape index (κ2) is 15.5. The summed E-state index contributed by atoms with van der Waals surface area (Å²) in [6, 6.07) is 2.58. The second-order valence-corrected chi connectivity index (χ2v) is 12.7. The quantitative estimate of drug-likeness (QED) is 0.123. The Morgan fingerprint density at radius 2 is 1.41 bits per heavy atom. The number of hydrogen-bond acceptors (Lipinski definition) is 1. The van der Waals surface area contributed by atoms with Crippen molar-refractivity contribution < 1.29 is 0 Å². The van der Waals surface area contributed by atoms with Gasteiger partial charge < -0.3 is 0 Å². The summed E-state index contributed by atoms with van der Waals surface area (Å²) in [4.78, 5) is 4.57. The summed E-state index contributed by atoms with van der Waals surface area (Å²) in [6.45, 7) is 12.1. The van der Waals surface area contributed by atoms with Crippen molar-refractivity contribution in [3.8, 4) is 0 Å². The van der Waals surface area contributed by atoms with Gasteiger partial charge in [-0.1, -0.05) is 89.9 Å². The first-order valence-corrected chi connectivity index (χ1v) is 13.1. The van der Waals surface area contributed by atoms with Crippen molar-refractivity contribution >= 4 is 14.3 Å². The van der Waals surface area contributed by atoms with Gasteiger partial charge in [-0.3, -0.25) is 4.99 Å². The van der Waals surface area contributed by atoms with Crippen molar-refractivity contribution in [2.75, 3.05) is 6.54 Å². The first-order chi connectivity index (χ1) is 10.6. The Balaban J connectivity index is 3.25. The fourth-order valence-electron chi connectivity index (χ4n) is 2.82. The Bertz CT molecular complexity index is 271. The summed E-state index contributed by atoms with van der Waals surface area (Å²) < 4.78 is 0. The molecule has 0 spiro atoms. The standard InChI is InChI=1S/C20H41NSi/c1-5-7-8-9-10-11-12-13-14-15-17-21-18-16-20-22(3,4)19-6-2/h6,18H,2,5,7-17,19-20H2,1,3-4H3. The predicted molar refractivity (Wildman–Crippen MR) is 107 cm³/mol. The lowest BCUT2D eigenvalue weighted by Gasteiger charge is -2.18. The number of hydrogen-bond donors (Lipinski definition) is 0. The van der Waals surface area contributed by atoms with Crippen LogP contribution < -0.4 is 0 Å². The van der Waals surface area contributed by atoms with E-state index >= 15 is 0 Å². The molecule has 0 rings (SSSR count). The van der Waals surface area contributed by atoms with E-state index in [9.17, 15) is 0 Å². The molecule has 0 aliphatic heterocycles. The summed E-state index contributed by atoms with van der Waals surface area (Å²) >= 11 is 0. The predicted octanol–water partition coefficient (Wildman–Crippen LogP) is 7.26. The van der Waals surface area contributed by atoms with E-state index in [1.165, 1.54) is 82.7 Å². The zero-order valence-corrected chi connectivity index (χ0v) is 16.7. The summed E-state index contributed by atoms with van der Waals surface area (Å²) in [7, 11) is -1.02. The van der Waals surface area contributed by atoms with Crippen LogP contribution in [-0.2, 0) is 0 Å². The molecule has 0 heterocycles. The van der Waals surface area contributed by atoms with Gasteiger partial charge in [0.15, 0.2) is 0 Å². The molecule has 0 radical (unpaired) electrons. The highest BCUT2D eigenvalue weighted by Gasteiger charge is 2.16. The van der Waals surface area contributed by atoms with Gasteiger partial charge in [-0.05, 0) is 25.1 Å². The molecule has 0 N–H and O–H groups in total. The van der Waals surface area contributed by atoms with E-state index in [-0.39, 0.29) is 0 Å². The molecule has 0 aliphatic carbocycles. The van der Waals surface area contributed by atoms with Crippen molar-refractivity contribution in [3.63, 3.8) is 0 Å². The van der Waals surface area contributed by atoms with Crippen molar-refractivity contribution in [2.24, 2.45) is 4.99 Å². The minimum atomic E-state index is -1.02. The average Bonchev–Trinajstić information content (AvgIpc) is 2.47. The van der Waals surface area contributed by atoms with E-state index in [0.29, 0.717) is 0 Å². The molecule has 0 aromatic rings. The molecule has 130 valence electrons. The second-order valence-electron chi connectivity index (χ2n) is 7.47. The van der Waals surface area contributed by atoms with Crippen LogP contribution in [0.3, 0.4) is 0 Å². The summed E-state index contributed by atoms with van der Waals surface area (Å²) in [5.41, 5.74) is 0. The van der Waals surface area contributed by atoms with E-state index in [0.717, 1.165) is 6.54 Å². The van der Waals surface area contributed by atoms with Crippen LogP contribution in [0.15, 0.2) is 17.6 Å². The van der Waals surface area contributed by atoms with Crippen LogP contribution >= 0.6 is 0 Å². The van der Waals surface area contributed by atoms with E-state index in [1.807, 2.05) is 0 Å². The zero-order chi connectivity index (χ0) is 16.5. The minimum absolute atomic E-state index is 1.02. The van der Waals surface area contributed by atoms with Crippen LogP contribution in [0.5, 0.6) is 0 Å². The first kappa shape index (κ1) is 21.6. The van der Waals surface area contributed by atoms with Crippen LogP contribution in [-0.4, -0.2) is 20.8 Å². The SMILES string of the molecule is C=CC[Si](C)(C)CCC=NCCCCCCCCCCCC. The Kier molecular flexibility index (Phi) is 15.3. The fraction of sp³-hybridized carbons (Fsp3) is 0.850. The third-order valence-corrected chi connectivity index (χ3v) is 7.45. The van der Waals surface area contributed by atoms with Crippen molar-refractivity contribution in [3.05, 3.63) is 12.7 Å². The molecular weight excluding hydrogens is 282 g/mol. The number of aliphatic imine (C=N–C) groups is 1. The average molecular weight is 324 g/mol. The largest absolute Gasteiger partial charge is 0.298 e. The molecular formula is C20H41NSi. The molecule has 0 fully saturated rings. The van der Waals surface area contributed by atoms with Crippen LogP contribution in [0, 0.1) is 0 Å². The van der Waals surface area contributed by atoms with Gasteiger partial charge in [0.1, 0.15) is 0 Å². The number of unbranched alkanes of at least 4 members (excludes halogenated alkanes) is 9. The minimum Gasteiger partial charge on any atom is -0.298 e. The molecule has 0 aliphatic rings. The summed E-state index contributed by atoms with van der Waals surface area (Å²) in [6.07, 6.45) is 19.5. The highest BCUT2D eigenvalue weighted by atomic mass is 28.3. The monoisotopic (exact) mass is 323 g/mol. The van der Waals surface area contributed by atoms with Crippen LogP contribution in [0.25, 0.3) is 0 Å². The van der Waals surface area contributed by atoms with Crippen molar-refractivity contribution in [1.82, 2.24) is 0 Å². The molecule has 0 saturated heterocycles. The summed E-state index contributed by atoms with van der Waals surface area (Å²) in [5.74, 6) is 0. The van der Waals surface area contributed by atoms with E-state index in [4.69, 9.17) is 0 Å². The van der Waals surface area contributed by atoms with Gasteiger partial charge in [-0.25, -0.2) is 0 Å². The van der Waals surface area contributed by atoms with Gasteiger partial charge in [-0.2, -0.15) is 0 Å². The molecule has 0 saturated carbocycles. The number of nitrogens with zero attached hydrogens (tertiary/aromatic N) is 1. The lowest BCUT2D eigenvalue weighted by Crippen LogP contribution is -2.23. The van der Waals surface area contributed by atoms with Crippen LogP contribution in [0.2, 0.25) is 25.2 Å². The zero-order valence-electron chi connectivity index (χ0n) is 15.7. The smallest absolute Gasteiger partial charge is 0.0514 e. The molecule has 0 aromatic carbocycles. The maximum atomic E-state index is 4.57. The molecule has 22 heavy (non-hydrogen) atoms. The van der Waals surface area contributed by atoms with E-state index in [1.54, 1.807) is 0 Å².